The molecule has 0 spiro atoms. The standard InChI is InChI=1S/C15H15N5O2/c1-19-9-12(14(21)16-15(19)22)7-13-10-20(18-17-13)8-11-5-3-2-4-6-11/h2-6,9-10H,7-8H2,1H3,(H,16,21,22). The van der Waals surface area contributed by atoms with E-state index in [1.165, 1.54) is 10.8 Å². The van der Waals surface area contributed by atoms with E-state index in [1.54, 1.807) is 17.9 Å². The van der Waals surface area contributed by atoms with Gasteiger partial charge < -0.3 is 4.57 Å². The van der Waals surface area contributed by atoms with Crippen LogP contribution in [0, 0.1) is 0 Å². The number of rotatable bonds is 4. The van der Waals surface area contributed by atoms with Gasteiger partial charge in [-0.3, -0.25) is 9.78 Å². The van der Waals surface area contributed by atoms with Crippen LogP contribution in [0.15, 0.2) is 52.3 Å². The number of benzene rings is 1. The van der Waals surface area contributed by atoms with E-state index in [1.807, 2.05) is 30.3 Å². The van der Waals surface area contributed by atoms with Gasteiger partial charge in [0.25, 0.3) is 5.56 Å². The Balaban J connectivity index is 1.79. The van der Waals surface area contributed by atoms with Crippen LogP contribution >= 0.6 is 0 Å². The molecule has 0 aliphatic carbocycles. The first kappa shape index (κ1) is 14.0. The lowest BCUT2D eigenvalue weighted by Gasteiger charge is -2.00. The molecule has 112 valence electrons. The summed E-state index contributed by atoms with van der Waals surface area (Å²) in [6.45, 7) is 0.622. The van der Waals surface area contributed by atoms with E-state index >= 15 is 0 Å². The highest BCUT2D eigenvalue weighted by atomic mass is 16.2. The predicted molar refractivity (Wildman–Crippen MR) is 80.7 cm³/mol. The topological polar surface area (TPSA) is 85.6 Å². The maximum Gasteiger partial charge on any atom is 0.328 e. The summed E-state index contributed by atoms with van der Waals surface area (Å²) < 4.78 is 3.06. The third-order valence-electron chi connectivity index (χ3n) is 3.33. The summed E-state index contributed by atoms with van der Waals surface area (Å²) >= 11 is 0. The minimum Gasteiger partial charge on any atom is -0.303 e. The first-order valence-electron chi connectivity index (χ1n) is 6.83. The molecule has 3 aromatic rings. The van der Waals surface area contributed by atoms with Crippen molar-refractivity contribution in [1.82, 2.24) is 24.5 Å². The van der Waals surface area contributed by atoms with E-state index in [0.717, 1.165) is 5.56 Å². The molecule has 1 aromatic carbocycles. The minimum atomic E-state index is -0.429. The highest BCUT2D eigenvalue weighted by Crippen LogP contribution is 2.04. The molecule has 2 aromatic heterocycles. The van der Waals surface area contributed by atoms with E-state index in [2.05, 4.69) is 15.3 Å². The van der Waals surface area contributed by atoms with Crippen LogP contribution in [0.5, 0.6) is 0 Å². The van der Waals surface area contributed by atoms with E-state index in [4.69, 9.17) is 0 Å². The number of nitrogens with one attached hydrogen (secondary N) is 1. The second kappa shape index (κ2) is 5.80. The Bertz CT molecular complexity index is 892. The largest absolute Gasteiger partial charge is 0.328 e. The fourth-order valence-corrected chi connectivity index (χ4v) is 2.20. The number of H-pyrrole nitrogens is 1. The van der Waals surface area contributed by atoms with Crippen molar-refractivity contribution >= 4 is 0 Å². The Morgan fingerprint density at radius 3 is 2.68 bits per heavy atom. The molecule has 2 heterocycles. The van der Waals surface area contributed by atoms with Crippen LogP contribution in [0.25, 0.3) is 0 Å². The van der Waals surface area contributed by atoms with Crippen molar-refractivity contribution in [2.45, 2.75) is 13.0 Å². The lowest BCUT2D eigenvalue weighted by atomic mass is 10.2. The highest BCUT2D eigenvalue weighted by molar-refractivity contribution is 5.16. The average molecular weight is 297 g/mol. The Morgan fingerprint density at radius 2 is 1.91 bits per heavy atom. The molecule has 0 saturated carbocycles. The fourth-order valence-electron chi connectivity index (χ4n) is 2.20. The third kappa shape index (κ3) is 3.03. The summed E-state index contributed by atoms with van der Waals surface area (Å²) in [5.74, 6) is 0. The summed E-state index contributed by atoms with van der Waals surface area (Å²) in [5.41, 5.74) is 1.47. The average Bonchev–Trinajstić information content (AvgIpc) is 2.93. The lowest BCUT2D eigenvalue weighted by Crippen LogP contribution is -2.30. The lowest BCUT2D eigenvalue weighted by molar-refractivity contribution is 0.649. The van der Waals surface area contributed by atoms with Crippen molar-refractivity contribution in [3.05, 3.63) is 80.4 Å². The van der Waals surface area contributed by atoms with E-state index in [9.17, 15) is 9.59 Å². The van der Waals surface area contributed by atoms with Gasteiger partial charge >= 0.3 is 5.69 Å². The van der Waals surface area contributed by atoms with Gasteiger partial charge in [-0.1, -0.05) is 35.5 Å². The van der Waals surface area contributed by atoms with Gasteiger partial charge in [0.05, 0.1) is 12.2 Å². The molecule has 0 atom stereocenters. The second-order valence-electron chi connectivity index (χ2n) is 5.09. The van der Waals surface area contributed by atoms with Gasteiger partial charge in [-0.05, 0) is 5.56 Å². The quantitative estimate of drug-likeness (QED) is 0.750. The first-order valence-corrected chi connectivity index (χ1v) is 6.83. The summed E-state index contributed by atoms with van der Waals surface area (Å²) in [6.07, 6.45) is 3.66. The zero-order chi connectivity index (χ0) is 15.5. The summed E-state index contributed by atoms with van der Waals surface area (Å²) in [6, 6.07) is 9.93. The number of aromatic nitrogens is 5. The smallest absolute Gasteiger partial charge is 0.303 e. The Morgan fingerprint density at radius 1 is 1.14 bits per heavy atom. The molecule has 0 unspecified atom stereocenters. The van der Waals surface area contributed by atoms with Gasteiger partial charge in [0.1, 0.15) is 0 Å². The predicted octanol–water partition coefficient (Wildman–Crippen LogP) is 0.304. The highest BCUT2D eigenvalue weighted by Gasteiger charge is 2.07. The third-order valence-corrected chi connectivity index (χ3v) is 3.33. The van der Waals surface area contributed by atoms with Crippen molar-refractivity contribution < 1.29 is 0 Å². The SMILES string of the molecule is Cn1cc(Cc2cn(Cc3ccccc3)nn2)c(=O)[nH]c1=O. The van der Waals surface area contributed by atoms with Crippen LogP contribution < -0.4 is 11.2 Å². The molecule has 1 N–H and O–H groups in total. The van der Waals surface area contributed by atoms with E-state index in [0.29, 0.717) is 24.2 Å². The molecule has 0 aliphatic rings. The van der Waals surface area contributed by atoms with Crippen LogP contribution in [-0.2, 0) is 20.0 Å². The number of nitrogens with zero attached hydrogens (tertiary/aromatic N) is 4. The van der Waals surface area contributed by atoms with Crippen LogP contribution in [0.2, 0.25) is 0 Å². The number of aryl methyl sites for hydroxylation is 1. The van der Waals surface area contributed by atoms with E-state index < -0.39 is 5.69 Å². The van der Waals surface area contributed by atoms with Gasteiger partial charge in [-0.15, -0.1) is 5.10 Å². The molecular formula is C15H15N5O2. The van der Waals surface area contributed by atoms with Gasteiger partial charge in [0.2, 0.25) is 0 Å². The van der Waals surface area contributed by atoms with Gasteiger partial charge in [-0.25, -0.2) is 9.48 Å². The summed E-state index contributed by atoms with van der Waals surface area (Å²) in [4.78, 5) is 25.4. The van der Waals surface area contributed by atoms with Crippen molar-refractivity contribution in [1.29, 1.82) is 0 Å². The van der Waals surface area contributed by atoms with Gasteiger partial charge in [0.15, 0.2) is 0 Å². The molecule has 0 saturated heterocycles. The second-order valence-corrected chi connectivity index (χ2v) is 5.09. The number of hydrogen-bond donors (Lipinski definition) is 1. The molecule has 7 heteroatoms. The normalized spacial score (nSPS) is 10.8. The zero-order valence-electron chi connectivity index (χ0n) is 12.1. The monoisotopic (exact) mass is 297 g/mol. The molecule has 22 heavy (non-hydrogen) atoms. The van der Waals surface area contributed by atoms with Gasteiger partial charge in [-0.2, -0.15) is 0 Å². The van der Waals surface area contributed by atoms with Crippen molar-refractivity contribution in [3.63, 3.8) is 0 Å². The minimum absolute atomic E-state index is 0.332. The Labute approximate surface area is 125 Å². The summed E-state index contributed by atoms with van der Waals surface area (Å²) in [5, 5.41) is 8.14. The van der Waals surface area contributed by atoms with E-state index in [-0.39, 0.29) is 5.56 Å². The van der Waals surface area contributed by atoms with Crippen LogP contribution in [-0.4, -0.2) is 24.5 Å². The van der Waals surface area contributed by atoms with Crippen molar-refractivity contribution in [2.75, 3.05) is 0 Å². The Hall–Kier alpha value is -2.96. The molecule has 3 rings (SSSR count). The van der Waals surface area contributed by atoms with Crippen molar-refractivity contribution in [3.8, 4) is 0 Å². The molecular weight excluding hydrogens is 282 g/mol. The number of hydrogen-bond acceptors (Lipinski definition) is 4. The Kier molecular flexibility index (Phi) is 3.69. The van der Waals surface area contributed by atoms with Crippen LogP contribution in [0.1, 0.15) is 16.8 Å². The van der Waals surface area contributed by atoms with Crippen LogP contribution in [0.4, 0.5) is 0 Å². The zero-order valence-corrected chi connectivity index (χ0v) is 12.1. The molecule has 0 bridgehead atoms. The summed E-state index contributed by atoms with van der Waals surface area (Å²) in [7, 11) is 1.59. The maximum atomic E-state index is 11.8. The number of aromatic amines is 1. The molecule has 0 fully saturated rings. The molecule has 0 amide bonds. The maximum absolute atomic E-state index is 11.8. The van der Waals surface area contributed by atoms with Crippen LogP contribution in [0.3, 0.4) is 0 Å². The molecule has 0 aliphatic heterocycles. The van der Waals surface area contributed by atoms with Gasteiger partial charge in [0, 0.05) is 31.4 Å². The van der Waals surface area contributed by atoms with Crippen molar-refractivity contribution in [2.24, 2.45) is 7.05 Å². The first-order chi connectivity index (χ1) is 10.6. The molecule has 0 radical (unpaired) electrons. The fraction of sp³-hybridized carbons (Fsp3) is 0.200. The molecule has 7 nitrogen and oxygen atoms in total.